The molecule has 7 heteroatoms. The summed E-state index contributed by atoms with van der Waals surface area (Å²) in [6.45, 7) is 11.0. The molecule has 0 aromatic heterocycles. The van der Waals surface area contributed by atoms with Crippen molar-refractivity contribution in [2.75, 3.05) is 13.1 Å². The summed E-state index contributed by atoms with van der Waals surface area (Å²) in [5, 5.41) is -0.943. The first kappa shape index (κ1) is 26.4. The van der Waals surface area contributed by atoms with Crippen molar-refractivity contribution in [3.63, 3.8) is 0 Å². The first-order valence-corrected chi connectivity index (χ1v) is 10.4. The van der Waals surface area contributed by atoms with E-state index in [0.717, 1.165) is 32.4 Å². The molecular weight excluding hydrogens is 348 g/mol. The molecule has 0 aliphatic heterocycles. The molecule has 0 atom stereocenters. The van der Waals surface area contributed by atoms with Crippen LogP contribution in [0.25, 0.3) is 0 Å². The van der Waals surface area contributed by atoms with Gasteiger partial charge in [-0.05, 0) is 6.42 Å². The van der Waals surface area contributed by atoms with Gasteiger partial charge >= 0.3 is 15.4 Å². The van der Waals surface area contributed by atoms with Gasteiger partial charge in [0.15, 0.2) is 0 Å². The minimum atomic E-state index is -5.24. The Balaban J connectivity index is 0. The number of halogens is 2. The molecule has 0 radical (unpaired) electrons. The molecule has 0 aliphatic rings. The van der Waals surface area contributed by atoms with Crippen LogP contribution in [-0.4, -0.2) is 31.3 Å². The standard InChI is InChI=1S/C12H24F2O3S.C6H11N/c1-2-3-4-5-6-7-8-9-10-11-12(13,14)18(15,16)17;1-3-5-7-6-4-2/h2-11H2,1H3,(H,15,16,17);3-4,7H,1-2,5-6H2. The second-order valence-electron chi connectivity index (χ2n) is 5.93. The molecule has 150 valence electrons. The molecule has 0 bridgehead atoms. The largest absolute Gasteiger partial charge is 0.370 e. The van der Waals surface area contributed by atoms with Crippen molar-refractivity contribution in [3.8, 4) is 0 Å². The van der Waals surface area contributed by atoms with Gasteiger partial charge in [0.05, 0.1) is 0 Å². The highest BCUT2D eigenvalue weighted by atomic mass is 32.2. The fourth-order valence-electron chi connectivity index (χ4n) is 2.06. The predicted molar refractivity (Wildman–Crippen MR) is 102 cm³/mol. The van der Waals surface area contributed by atoms with E-state index in [9.17, 15) is 17.2 Å². The predicted octanol–water partition coefficient (Wildman–Crippen LogP) is 5.34. The first-order chi connectivity index (χ1) is 11.7. The van der Waals surface area contributed by atoms with Gasteiger partial charge in [-0.25, -0.2) is 0 Å². The molecule has 0 rings (SSSR count). The molecule has 0 saturated heterocycles. The summed E-state index contributed by atoms with van der Waals surface area (Å²) in [6.07, 6.45) is 11.3. The molecule has 0 aromatic rings. The van der Waals surface area contributed by atoms with Gasteiger partial charge in [-0.3, -0.25) is 4.55 Å². The van der Waals surface area contributed by atoms with Gasteiger partial charge in [-0.2, -0.15) is 17.2 Å². The van der Waals surface area contributed by atoms with Crippen LogP contribution in [0.15, 0.2) is 25.3 Å². The maximum atomic E-state index is 12.8. The molecule has 0 aromatic carbocycles. The van der Waals surface area contributed by atoms with Gasteiger partial charge in [-0.1, -0.05) is 70.4 Å². The van der Waals surface area contributed by atoms with Crippen molar-refractivity contribution in [2.45, 2.75) is 76.4 Å². The Kier molecular flexibility index (Phi) is 17.6. The van der Waals surface area contributed by atoms with Gasteiger partial charge in [0.25, 0.3) is 0 Å². The van der Waals surface area contributed by atoms with Crippen molar-refractivity contribution in [2.24, 2.45) is 0 Å². The molecule has 0 unspecified atom stereocenters. The second kappa shape index (κ2) is 16.7. The Hall–Kier alpha value is -0.790. The van der Waals surface area contributed by atoms with Crippen LogP contribution in [-0.2, 0) is 10.1 Å². The minimum absolute atomic E-state index is 0.127. The van der Waals surface area contributed by atoms with Crippen LogP contribution in [0.5, 0.6) is 0 Å². The van der Waals surface area contributed by atoms with E-state index >= 15 is 0 Å². The normalized spacial score (nSPS) is 11.5. The maximum absolute atomic E-state index is 12.8. The lowest BCUT2D eigenvalue weighted by atomic mass is 10.1. The molecular formula is C18H35F2NO3S. The lowest BCUT2D eigenvalue weighted by molar-refractivity contribution is 0.0683. The van der Waals surface area contributed by atoms with E-state index in [0.29, 0.717) is 6.42 Å². The summed E-state index contributed by atoms with van der Waals surface area (Å²) < 4.78 is 54.6. The lowest BCUT2D eigenvalue weighted by Gasteiger charge is -2.12. The van der Waals surface area contributed by atoms with Crippen molar-refractivity contribution in [1.29, 1.82) is 0 Å². The molecule has 2 N–H and O–H groups in total. The second-order valence-corrected chi connectivity index (χ2v) is 7.47. The van der Waals surface area contributed by atoms with Crippen LogP contribution in [0.3, 0.4) is 0 Å². The average molecular weight is 384 g/mol. The number of hydrogen-bond acceptors (Lipinski definition) is 3. The summed E-state index contributed by atoms with van der Waals surface area (Å²) >= 11 is 0. The Labute approximate surface area is 152 Å². The first-order valence-electron chi connectivity index (χ1n) is 9.00. The number of unbranched alkanes of at least 4 members (excludes halogenated alkanes) is 8. The zero-order valence-electron chi connectivity index (χ0n) is 15.5. The highest BCUT2D eigenvalue weighted by Crippen LogP contribution is 2.27. The van der Waals surface area contributed by atoms with Crippen LogP contribution in [0.1, 0.15) is 71.1 Å². The molecule has 0 amide bonds. The van der Waals surface area contributed by atoms with Crippen molar-refractivity contribution in [3.05, 3.63) is 25.3 Å². The highest BCUT2D eigenvalue weighted by molar-refractivity contribution is 7.86. The third-order valence-corrected chi connectivity index (χ3v) is 4.49. The van der Waals surface area contributed by atoms with E-state index in [1.165, 1.54) is 25.7 Å². The number of rotatable bonds is 15. The summed E-state index contributed by atoms with van der Waals surface area (Å²) in [5.74, 6) is 0. The van der Waals surface area contributed by atoms with E-state index in [2.05, 4.69) is 25.4 Å². The van der Waals surface area contributed by atoms with Crippen LogP contribution < -0.4 is 5.32 Å². The molecule has 25 heavy (non-hydrogen) atoms. The topological polar surface area (TPSA) is 66.4 Å². The van der Waals surface area contributed by atoms with E-state index in [4.69, 9.17) is 4.55 Å². The molecule has 0 saturated carbocycles. The fraction of sp³-hybridized carbons (Fsp3) is 0.778. The Morgan fingerprint density at radius 1 is 0.920 bits per heavy atom. The summed E-state index contributed by atoms with van der Waals surface area (Å²) in [7, 11) is -5.24. The fourth-order valence-corrected chi connectivity index (χ4v) is 2.46. The van der Waals surface area contributed by atoms with E-state index in [1.54, 1.807) is 0 Å². The Morgan fingerprint density at radius 3 is 1.68 bits per heavy atom. The van der Waals surface area contributed by atoms with E-state index in [1.807, 2.05) is 12.2 Å². The highest BCUT2D eigenvalue weighted by Gasteiger charge is 2.42. The Morgan fingerprint density at radius 2 is 1.32 bits per heavy atom. The summed E-state index contributed by atoms with van der Waals surface area (Å²) in [6, 6.07) is 0. The monoisotopic (exact) mass is 383 g/mol. The quantitative estimate of drug-likeness (QED) is 0.228. The van der Waals surface area contributed by atoms with Crippen LogP contribution in [0.2, 0.25) is 0 Å². The van der Waals surface area contributed by atoms with Gasteiger partial charge in [0.2, 0.25) is 0 Å². The molecule has 0 aliphatic carbocycles. The third kappa shape index (κ3) is 17.8. The van der Waals surface area contributed by atoms with Crippen LogP contribution in [0, 0.1) is 0 Å². The van der Waals surface area contributed by atoms with Crippen molar-refractivity contribution in [1.82, 2.24) is 5.32 Å². The molecule has 0 fully saturated rings. The zero-order valence-corrected chi connectivity index (χ0v) is 16.3. The summed E-state index contributed by atoms with van der Waals surface area (Å²) in [4.78, 5) is 0. The van der Waals surface area contributed by atoms with Gasteiger partial charge < -0.3 is 5.32 Å². The van der Waals surface area contributed by atoms with Crippen LogP contribution >= 0.6 is 0 Å². The van der Waals surface area contributed by atoms with Crippen LogP contribution in [0.4, 0.5) is 8.78 Å². The molecule has 0 heterocycles. The molecule has 0 spiro atoms. The summed E-state index contributed by atoms with van der Waals surface area (Å²) in [5.41, 5.74) is 0. The van der Waals surface area contributed by atoms with E-state index < -0.39 is 21.8 Å². The third-order valence-electron chi connectivity index (χ3n) is 3.53. The maximum Gasteiger partial charge on any atom is 0.370 e. The average Bonchev–Trinajstić information content (AvgIpc) is 2.53. The number of hydrogen-bond donors (Lipinski definition) is 2. The van der Waals surface area contributed by atoms with Gasteiger partial charge in [0.1, 0.15) is 0 Å². The minimum Gasteiger partial charge on any atom is -0.310 e. The number of alkyl halides is 2. The lowest BCUT2D eigenvalue weighted by Crippen LogP contribution is -2.27. The molecule has 4 nitrogen and oxygen atoms in total. The van der Waals surface area contributed by atoms with Gasteiger partial charge in [0, 0.05) is 19.5 Å². The zero-order chi connectivity index (χ0) is 19.6. The van der Waals surface area contributed by atoms with Gasteiger partial charge in [-0.15, -0.1) is 13.2 Å². The smallest absolute Gasteiger partial charge is 0.310 e. The Bertz CT molecular complexity index is 418. The SMILES string of the molecule is C=CCNCC=C.CCCCCCCCCCCC(F)(F)S(=O)(=O)O. The van der Waals surface area contributed by atoms with Crippen molar-refractivity contribution < 1.29 is 21.8 Å². The van der Waals surface area contributed by atoms with Crippen molar-refractivity contribution >= 4 is 10.1 Å². The van der Waals surface area contributed by atoms with E-state index in [-0.39, 0.29) is 6.42 Å². The number of nitrogens with one attached hydrogen (secondary N) is 1.